The Morgan fingerprint density at radius 3 is 2.56 bits per heavy atom. The number of rotatable bonds is 14. The van der Waals surface area contributed by atoms with Gasteiger partial charge in [0.2, 0.25) is 0 Å². The topological polar surface area (TPSA) is 59.1 Å². The van der Waals surface area contributed by atoms with Crippen molar-refractivity contribution in [2.45, 2.75) is 83.0 Å². The van der Waals surface area contributed by atoms with Crippen LogP contribution < -0.4 is 0 Å². The highest BCUT2D eigenvalue weighted by Gasteiger charge is 2.42. The fraction of sp³-hybridized carbons (Fsp3) is 0.667. The van der Waals surface area contributed by atoms with E-state index >= 15 is 0 Å². The van der Waals surface area contributed by atoms with E-state index in [0.29, 0.717) is 6.42 Å². The molecule has 25 heavy (non-hydrogen) atoms. The standard InChI is InChI=1S/C21H34O4/c1-3-4-12-16-19-21(25-19)18(22)15-13-10-8-6-5-7-9-11-14-17-20(23)24-2/h6-9,13,15,18-19,21-22H,3-5,10-12,14,16-17H2,1-2H3/b8-6+,9-7+,15-13+/t18-,19-,21+/m0/s1. The van der Waals surface area contributed by atoms with Crippen LogP contribution in [0.5, 0.6) is 0 Å². The first-order valence-corrected chi connectivity index (χ1v) is 9.56. The third kappa shape index (κ3) is 11.0. The minimum absolute atomic E-state index is 0.00464. The van der Waals surface area contributed by atoms with Crippen molar-refractivity contribution < 1.29 is 19.4 Å². The Morgan fingerprint density at radius 1 is 1.12 bits per heavy atom. The molecular weight excluding hydrogens is 316 g/mol. The second kappa shape index (κ2) is 13.9. The lowest BCUT2D eigenvalue weighted by Crippen LogP contribution is -2.13. The van der Waals surface area contributed by atoms with Crippen molar-refractivity contribution in [3.63, 3.8) is 0 Å². The first kappa shape index (κ1) is 21.7. The maximum atomic E-state index is 10.9. The first-order chi connectivity index (χ1) is 12.2. The van der Waals surface area contributed by atoms with Crippen LogP contribution in [-0.2, 0) is 14.3 Å². The van der Waals surface area contributed by atoms with Crippen LogP contribution >= 0.6 is 0 Å². The molecule has 0 saturated carbocycles. The van der Waals surface area contributed by atoms with Crippen LogP contribution in [0.25, 0.3) is 0 Å². The minimum Gasteiger partial charge on any atom is -0.469 e. The smallest absolute Gasteiger partial charge is 0.305 e. The van der Waals surface area contributed by atoms with Gasteiger partial charge < -0.3 is 14.6 Å². The zero-order valence-electron chi connectivity index (χ0n) is 15.7. The molecule has 1 aliphatic rings. The van der Waals surface area contributed by atoms with E-state index in [0.717, 1.165) is 32.1 Å². The summed E-state index contributed by atoms with van der Waals surface area (Å²) in [6, 6.07) is 0. The second-order valence-corrected chi connectivity index (χ2v) is 6.44. The molecule has 0 unspecified atom stereocenters. The highest BCUT2D eigenvalue weighted by atomic mass is 16.6. The van der Waals surface area contributed by atoms with E-state index in [2.05, 4.69) is 36.0 Å². The predicted molar refractivity (Wildman–Crippen MR) is 101 cm³/mol. The zero-order valence-corrected chi connectivity index (χ0v) is 15.7. The van der Waals surface area contributed by atoms with Gasteiger partial charge in [-0.15, -0.1) is 0 Å². The summed E-state index contributed by atoms with van der Waals surface area (Å²) in [5.74, 6) is -0.147. The maximum absolute atomic E-state index is 10.9. The fourth-order valence-electron chi connectivity index (χ4n) is 2.64. The van der Waals surface area contributed by atoms with E-state index in [4.69, 9.17) is 4.74 Å². The Labute approximate surface area is 152 Å². The Balaban J connectivity index is 2.00. The number of ether oxygens (including phenoxy) is 2. The molecular formula is C21H34O4. The summed E-state index contributed by atoms with van der Waals surface area (Å²) in [4.78, 5) is 10.9. The van der Waals surface area contributed by atoms with Crippen LogP contribution in [0.1, 0.15) is 64.7 Å². The average Bonchev–Trinajstić information content (AvgIpc) is 3.39. The number of epoxide rings is 1. The van der Waals surface area contributed by atoms with E-state index in [-0.39, 0.29) is 18.2 Å². The molecule has 1 aliphatic heterocycles. The highest BCUT2D eigenvalue weighted by molar-refractivity contribution is 5.69. The number of hydrogen-bond donors (Lipinski definition) is 1. The van der Waals surface area contributed by atoms with Crippen LogP contribution in [-0.4, -0.2) is 36.5 Å². The molecule has 0 spiro atoms. The van der Waals surface area contributed by atoms with Gasteiger partial charge in [0, 0.05) is 6.42 Å². The number of carbonyl (C=O) groups excluding carboxylic acids is 1. The lowest BCUT2D eigenvalue weighted by molar-refractivity contribution is -0.140. The molecule has 0 aromatic heterocycles. The van der Waals surface area contributed by atoms with E-state index < -0.39 is 6.10 Å². The largest absolute Gasteiger partial charge is 0.469 e. The lowest BCUT2D eigenvalue weighted by atomic mass is 10.1. The number of hydrogen-bond acceptors (Lipinski definition) is 4. The van der Waals surface area contributed by atoms with Crippen LogP contribution in [0.4, 0.5) is 0 Å². The highest BCUT2D eigenvalue weighted by Crippen LogP contribution is 2.30. The summed E-state index contributed by atoms with van der Waals surface area (Å²) in [5.41, 5.74) is 0. The molecule has 4 heteroatoms. The monoisotopic (exact) mass is 350 g/mol. The number of aliphatic hydroxyl groups is 1. The van der Waals surface area contributed by atoms with E-state index in [1.54, 1.807) is 0 Å². The summed E-state index contributed by atoms with van der Waals surface area (Å²) in [6.07, 6.45) is 20.6. The summed E-state index contributed by atoms with van der Waals surface area (Å²) >= 11 is 0. The normalized spacial score (nSPS) is 21.4. The van der Waals surface area contributed by atoms with Gasteiger partial charge >= 0.3 is 5.97 Å². The average molecular weight is 350 g/mol. The Hall–Kier alpha value is -1.39. The molecule has 0 bridgehead atoms. The molecule has 3 atom stereocenters. The number of aliphatic hydroxyl groups excluding tert-OH is 1. The van der Waals surface area contributed by atoms with Crippen LogP contribution in [0.15, 0.2) is 36.5 Å². The van der Waals surface area contributed by atoms with Crippen molar-refractivity contribution >= 4 is 5.97 Å². The van der Waals surface area contributed by atoms with Crippen LogP contribution in [0, 0.1) is 0 Å². The van der Waals surface area contributed by atoms with E-state index in [9.17, 15) is 9.90 Å². The molecule has 0 radical (unpaired) electrons. The van der Waals surface area contributed by atoms with Crippen molar-refractivity contribution in [3.05, 3.63) is 36.5 Å². The minimum atomic E-state index is -0.477. The van der Waals surface area contributed by atoms with Gasteiger partial charge in [0.15, 0.2) is 0 Å². The Bertz CT molecular complexity index is 439. The van der Waals surface area contributed by atoms with Gasteiger partial charge in [-0.3, -0.25) is 4.79 Å². The molecule has 1 rings (SSSR count). The van der Waals surface area contributed by atoms with Crippen molar-refractivity contribution in [1.82, 2.24) is 0 Å². The molecule has 0 amide bonds. The van der Waals surface area contributed by atoms with Crippen LogP contribution in [0.3, 0.4) is 0 Å². The summed E-state index contributed by atoms with van der Waals surface area (Å²) in [7, 11) is 1.42. The van der Waals surface area contributed by atoms with Crippen molar-refractivity contribution in [2.75, 3.05) is 7.11 Å². The molecule has 4 nitrogen and oxygen atoms in total. The number of allylic oxidation sites excluding steroid dienone is 5. The van der Waals surface area contributed by atoms with Gasteiger partial charge in [-0.05, 0) is 32.1 Å². The van der Waals surface area contributed by atoms with Crippen molar-refractivity contribution in [1.29, 1.82) is 0 Å². The number of carbonyl (C=O) groups is 1. The molecule has 0 aromatic rings. The van der Waals surface area contributed by atoms with Gasteiger partial charge in [-0.1, -0.05) is 62.6 Å². The SMILES string of the molecule is CCCCC[C@@H]1O[C@@H]1[C@@H](O)/C=C/C/C=C/C/C=C/CCCC(=O)OC. The molecule has 1 saturated heterocycles. The molecule has 1 fully saturated rings. The van der Waals surface area contributed by atoms with Crippen LogP contribution in [0.2, 0.25) is 0 Å². The quantitative estimate of drug-likeness (QED) is 0.217. The molecule has 0 aliphatic carbocycles. The van der Waals surface area contributed by atoms with Gasteiger partial charge in [0.05, 0.1) is 13.2 Å². The first-order valence-electron chi connectivity index (χ1n) is 9.56. The second-order valence-electron chi connectivity index (χ2n) is 6.44. The fourth-order valence-corrected chi connectivity index (χ4v) is 2.64. The van der Waals surface area contributed by atoms with E-state index in [1.165, 1.54) is 26.4 Å². The number of esters is 1. The predicted octanol–water partition coefficient (Wildman–Crippen LogP) is 4.49. The van der Waals surface area contributed by atoms with Crippen molar-refractivity contribution in [2.24, 2.45) is 0 Å². The van der Waals surface area contributed by atoms with Gasteiger partial charge in [-0.25, -0.2) is 0 Å². The van der Waals surface area contributed by atoms with Gasteiger partial charge in [-0.2, -0.15) is 0 Å². The third-order valence-corrected chi connectivity index (χ3v) is 4.24. The molecule has 1 N–H and O–H groups in total. The molecule has 0 aromatic carbocycles. The Morgan fingerprint density at radius 2 is 1.84 bits per heavy atom. The molecule has 1 heterocycles. The zero-order chi connectivity index (χ0) is 18.3. The van der Waals surface area contributed by atoms with Gasteiger partial charge in [0.1, 0.15) is 12.2 Å². The number of unbranched alkanes of at least 4 members (excludes halogenated alkanes) is 3. The Kier molecular flexibility index (Phi) is 12.0. The van der Waals surface area contributed by atoms with E-state index in [1.807, 2.05) is 12.2 Å². The third-order valence-electron chi connectivity index (χ3n) is 4.24. The summed E-state index contributed by atoms with van der Waals surface area (Å²) < 4.78 is 10.1. The van der Waals surface area contributed by atoms with Gasteiger partial charge in [0.25, 0.3) is 0 Å². The summed E-state index contributed by atoms with van der Waals surface area (Å²) in [6.45, 7) is 2.19. The maximum Gasteiger partial charge on any atom is 0.305 e. The number of methoxy groups -OCH3 is 1. The lowest BCUT2D eigenvalue weighted by Gasteiger charge is -2.00. The summed E-state index contributed by atoms with van der Waals surface area (Å²) in [5, 5.41) is 10.0. The van der Waals surface area contributed by atoms with Crippen molar-refractivity contribution in [3.8, 4) is 0 Å². The molecule has 142 valence electrons.